The third-order valence-corrected chi connectivity index (χ3v) is 3.74. The summed E-state index contributed by atoms with van der Waals surface area (Å²) in [6.07, 6.45) is 0.949. The van der Waals surface area contributed by atoms with Gasteiger partial charge in [-0.3, -0.25) is 4.79 Å². The standard InChI is InChI=1S/C14H20ClN3O/c1-9(16)11-3-4-14(13(15)7-11)18-6-5-12(8-18)17-10(2)19/h3-4,7,9,12H,5-6,8,16H2,1-2H3,(H,17,19)/t9-,12?/m0/s1. The maximum absolute atomic E-state index is 11.1. The first kappa shape index (κ1) is 14.2. The van der Waals surface area contributed by atoms with Crippen LogP contribution in [0.1, 0.15) is 31.9 Å². The molecule has 1 aromatic rings. The van der Waals surface area contributed by atoms with Gasteiger partial charge < -0.3 is 16.0 Å². The van der Waals surface area contributed by atoms with Crippen molar-refractivity contribution in [2.45, 2.75) is 32.4 Å². The zero-order valence-corrected chi connectivity index (χ0v) is 12.1. The van der Waals surface area contributed by atoms with Crippen molar-refractivity contribution in [3.63, 3.8) is 0 Å². The molecule has 1 heterocycles. The van der Waals surface area contributed by atoms with Crippen LogP contribution in [-0.4, -0.2) is 25.0 Å². The van der Waals surface area contributed by atoms with Gasteiger partial charge in [0, 0.05) is 32.1 Å². The second kappa shape index (κ2) is 5.80. The van der Waals surface area contributed by atoms with Gasteiger partial charge in [-0.2, -0.15) is 0 Å². The average Bonchev–Trinajstić information content (AvgIpc) is 2.76. The number of halogens is 1. The first-order valence-electron chi connectivity index (χ1n) is 6.54. The summed E-state index contributed by atoms with van der Waals surface area (Å²) in [5, 5.41) is 3.67. The number of benzene rings is 1. The highest BCUT2D eigenvalue weighted by atomic mass is 35.5. The van der Waals surface area contributed by atoms with E-state index in [1.807, 2.05) is 25.1 Å². The summed E-state index contributed by atoms with van der Waals surface area (Å²) in [4.78, 5) is 13.3. The lowest BCUT2D eigenvalue weighted by atomic mass is 10.1. The van der Waals surface area contributed by atoms with Crippen molar-refractivity contribution in [2.75, 3.05) is 18.0 Å². The van der Waals surface area contributed by atoms with Gasteiger partial charge in [0.2, 0.25) is 5.91 Å². The molecule has 0 bridgehead atoms. The van der Waals surface area contributed by atoms with E-state index in [1.54, 1.807) is 6.92 Å². The molecule has 1 fully saturated rings. The predicted molar refractivity (Wildman–Crippen MR) is 78.5 cm³/mol. The summed E-state index contributed by atoms with van der Waals surface area (Å²) in [5.74, 6) is 0.0188. The molecule has 1 aliphatic heterocycles. The number of carbonyl (C=O) groups excluding carboxylic acids is 1. The first-order chi connectivity index (χ1) is 8.97. The Hall–Kier alpha value is -1.26. The molecule has 1 amide bonds. The van der Waals surface area contributed by atoms with Crippen LogP contribution in [0.3, 0.4) is 0 Å². The summed E-state index contributed by atoms with van der Waals surface area (Å²) in [6, 6.07) is 6.14. The second-order valence-electron chi connectivity index (χ2n) is 5.13. The van der Waals surface area contributed by atoms with Crippen molar-refractivity contribution in [1.82, 2.24) is 5.32 Å². The highest BCUT2D eigenvalue weighted by Gasteiger charge is 2.24. The van der Waals surface area contributed by atoms with E-state index in [-0.39, 0.29) is 18.0 Å². The van der Waals surface area contributed by atoms with E-state index >= 15 is 0 Å². The molecule has 1 unspecified atom stereocenters. The fourth-order valence-electron chi connectivity index (χ4n) is 2.45. The van der Waals surface area contributed by atoms with E-state index in [1.165, 1.54) is 0 Å². The maximum Gasteiger partial charge on any atom is 0.217 e. The summed E-state index contributed by atoms with van der Waals surface area (Å²) < 4.78 is 0. The number of nitrogens with zero attached hydrogens (tertiary/aromatic N) is 1. The molecule has 2 atom stereocenters. The lowest BCUT2D eigenvalue weighted by Crippen LogP contribution is -2.35. The van der Waals surface area contributed by atoms with Gasteiger partial charge in [0.1, 0.15) is 0 Å². The Kier molecular flexibility index (Phi) is 4.32. The second-order valence-corrected chi connectivity index (χ2v) is 5.54. The Balaban J connectivity index is 2.09. The Labute approximate surface area is 118 Å². The lowest BCUT2D eigenvalue weighted by molar-refractivity contribution is -0.119. The Bertz CT molecular complexity index is 476. The number of nitrogens with two attached hydrogens (primary N) is 1. The van der Waals surface area contributed by atoms with Gasteiger partial charge in [-0.1, -0.05) is 17.7 Å². The Morgan fingerprint density at radius 3 is 2.89 bits per heavy atom. The summed E-state index contributed by atoms with van der Waals surface area (Å²) in [7, 11) is 0. The van der Waals surface area contributed by atoms with Gasteiger partial charge in [-0.15, -0.1) is 0 Å². The van der Waals surface area contributed by atoms with Crippen LogP contribution in [0.25, 0.3) is 0 Å². The summed E-state index contributed by atoms with van der Waals surface area (Å²) in [5.41, 5.74) is 7.89. The van der Waals surface area contributed by atoms with Crippen LogP contribution < -0.4 is 16.0 Å². The third kappa shape index (κ3) is 3.39. The van der Waals surface area contributed by atoms with Crippen molar-refractivity contribution in [3.05, 3.63) is 28.8 Å². The van der Waals surface area contributed by atoms with E-state index in [0.29, 0.717) is 0 Å². The minimum atomic E-state index is -0.0164. The van der Waals surface area contributed by atoms with Crippen molar-refractivity contribution in [2.24, 2.45) is 5.73 Å². The van der Waals surface area contributed by atoms with Crippen LogP contribution >= 0.6 is 11.6 Å². The summed E-state index contributed by atoms with van der Waals surface area (Å²) in [6.45, 7) is 5.19. The molecule has 5 heteroatoms. The molecule has 0 saturated carbocycles. The van der Waals surface area contributed by atoms with Crippen LogP contribution in [-0.2, 0) is 4.79 Å². The fraction of sp³-hybridized carbons (Fsp3) is 0.500. The van der Waals surface area contributed by atoms with Gasteiger partial charge >= 0.3 is 0 Å². The normalized spacial score (nSPS) is 20.4. The van der Waals surface area contributed by atoms with E-state index in [4.69, 9.17) is 17.3 Å². The smallest absolute Gasteiger partial charge is 0.217 e. The molecule has 2 rings (SSSR count). The number of amides is 1. The zero-order chi connectivity index (χ0) is 14.0. The third-order valence-electron chi connectivity index (χ3n) is 3.43. The maximum atomic E-state index is 11.1. The van der Waals surface area contributed by atoms with Crippen molar-refractivity contribution in [1.29, 1.82) is 0 Å². The SMILES string of the molecule is CC(=O)NC1CCN(c2ccc([C@H](C)N)cc2Cl)C1. The van der Waals surface area contributed by atoms with Gasteiger partial charge in [0.05, 0.1) is 10.7 Å². The quantitative estimate of drug-likeness (QED) is 0.892. The molecule has 1 aromatic carbocycles. The molecular formula is C14H20ClN3O. The number of anilines is 1. The van der Waals surface area contributed by atoms with Crippen LogP contribution in [0, 0.1) is 0 Å². The average molecular weight is 282 g/mol. The molecule has 0 radical (unpaired) electrons. The van der Waals surface area contributed by atoms with Crippen molar-refractivity contribution >= 4 is 23.2 Å². The molecule has 19 heavy (non-hydrogen) atoms. The molecule has 1 aliphatic rings. The van der Waals surface area contributed by atoms with Gasteiger partial charge in [0.25, 0.3) is 0 Å². The first-order valence-corrected chi connectivity index (χ1v) is 6.92. The predicted octanol–water partition coefficient (Wildman–Crippen LogP) is 2.07. The van der Waals surface area contributed by atoms with Crippen LogP contribution in [0.15, 0.2) is 18.2 Å². The minimum absolute atomic E-state index is 0.0164. The topological polar surface area (TPSA) is 58.4 Å². The summed E-state index contributed by atoms with van der Waals surface area (Å²) >= 11 is 6.32. The van der Waals surface area contributed by atoms with Gasteiger partial charge in [-0.05, 0) is 31.0 Å². The number of hydrogen-bond acceptors (Lipinski definition) is 3. The van der Waals surface area contributed by atoms with Gasteiger partial charge in [0.15, 0.2) is 0 Å². The Morgan fingerprint density at radius 2 is 2.32 bits per heavy atom. The van der Waals surface area contributed by atoms with Crippen molar-refractivity contribution < 1.29 is 4.79 Å². The molecule has 1 saturated heterocycles. The molecule has 0 aliphatic carbocycles. The van der Waals surface area contributed by atoms with E-state index in [9.17, 15) is 4.79 Å². The highest BCUT2D eigenvalue weighted by Crippen LogP contribution is 2.30. The molecule has 104 valence electrons. The van der Waals surface area contributed by atoms with Gasteiger partial charge in [-0.25, -0.2) is 0 Å². The van der Waals surface area contributed by atoms with E-state index < -0.39 is 0 Å². The van der Waals surface area contributed by atoms with Crippen LogP contribution in [0.2, 0.25) is 5.02 Å². The molecular weight excluding hydrogens is 262 g/mol. The van der Waals surface area contributed by atoms with Crippen LogP contribution in [0.4, 0.5) is 5.69 Å². The molecule has 3 N–H and O–H groups in total. The fourth-order valence-corrected chi connectivity index (χ4v) is 2.76. The van der Waals surface area contributed by atoms with Crippen LogP contribution in [0.5, 0.6) is 0 Å². The molecule has 0 aromatic heterocycles. The number of hydrogen-bond donors (Lipinski definition) is 2. The van der Waals surface area contributed by atoms with E-state index in [2.05, 4.69) is 10.2 Å². The molecule has 0 spiro atoms. The lowest BCUT2D eigenvalue weighted by Gasteiger charge is -2.21. The van der Waals surface area contributed by atoms with E-state index in [0.717, 1.165) is 35.8 Å². The Morgan fingerprint density at radius 1 is 1.58 bits per heavy atom. The molecule has 4 nitrogen and oxygen atoms in total. The largest absolute Gasteiger partial charge is 0.368 e. The number of carbonyl (C=O) groups is 1. The zero-order valence-electron chi connectivity index (χ0n) is 11.3. The number of nitrogens with one attached hydrogen (secondary N) is 1. The monoisotopic (exact) mass is 281 g/mol. The highest BCUT2D eigenvalue weighted by molar-refractivity contribution is 6.33. The van der Waals surface area contributed by atoms with Crippen molar-refractivity contribution in [3.8, 4) is 0 Å². The minimum Gasteiger partial charge on any atom is -0.368 e. The number of rotatable bonds is 3.